The van der Waals surface area contributed by atoms with Crippen molar-refractivity contribution in [2.75, 3.05) is 26.2 Å². The molecule has 1 atom stereocenters. The van der Waals surface area contributed by atoms with E-state index in [-0.39, 0.29) is 6.04 Å². The van der Waals surface area contributed by atoms with E-state index in [1.807, 2.05) is 13.8 Å². The van der Waals surface area contributed by atoms with Crippen LogP contribution in [0.4, 0.5) is 0 Å². The van der Waals surface area contributed by atoms with Gasteiger partial charge in [-0.1, -0.05) is 20.8 Å². The van der Waals surface area contributed by atoms with E-state index in [1.54, 1.807) is 4.31 Å². The Morgan fingerprint density at radius 3 is 2.55 bits per heavy atom. The summed E-state index contributed by atoms with van der Waals surface area (Å²) < 4.78 is 29.2. The van der Waals surface area contributed by atoms with Gasteiger partial charge < -0.3 is 5.32 Å². The molecule has 0 aromatic carbocycles. The Balaban J connectivity index is 2.52. The minimum atomic E-state index is -3.31. The SMILES string of the molecule is CCCNCC1CCCN(S(=O)(=O)NC(CC)CC)C1. The van der Waals surface area contributed by atoms with Gasteiger partial charge in [-0.25, -0.2) is 0 Å². The van der Waals surface area contributed by atoms with Crippen molar-refractivity contribution in [3.63, 3.8) is 0 Å². The molecule has 0 aliphatic carbocycles. The summed E-state index contributed by atoms with van der Waals surface area (Å²) in [6.45, 7) is 9.41. The van der Waals surface area contributed by atoms with Crippen LogP contribution < -0.4 is 10.0 Å². The predicted molar refractivity (Wildman–Crippen MR) is 83.9 cm³/mol. The van der Waals surface area contributed by atoms with E-state index < -0.39 is 10.2 Å². The lowest BCUT2D eigenvalue weighted by atomic mass is 10.00. The molecule has 6 heteroatoms. The van der Waals surface area contributed by atoms with Gasteiger partial charge in [0, 0.05) is 19.1 Å². The highest BCUT2D eigenvalue weighted by Gasteiger charge is 2.29. The van der Waals surface area contributed by atoms with Crippen molar-refractivity contribution < 1.29 is 8.42 Å². The van der Waals surface area contributed by atoms with Crippen LogP contribution in [0.3, 0.4) is 0 Å². The fourth-order valence-corrected chi connectivity index (χ4v) is 4.32. The second-order valence-corrected chi connectivity index (χ2v) is 7.41. The maximum atomic E-state index is 12.4. The van der Waals surface area contributed by atoms with Crippen LogP contribution in [-0.4, -0.2) is 44.9 Å². The molecule has 0 spiro atoms. The highest BCUT2D eigenvalue weighted by molar-refractivity contribution is 7.87. The zero-order valence-corrected chi connectivity index (χ0v) is 14.0. The number of hydrogen-bond donors (Lipinski definition) is 2. The molecule has 120 valence electrons. The standard InChI is InChI=1S/C14H31N3O2S/c1-4-9-15-11-13-8-7-10-17(12-13)20(18,19)16-14(5-2)6-3/h13-16H,4-12H2,1-3H3. The predicted octanol–water partition coefficient (Wildman–Crippen LogP) is 1.72. The van der Waals surface area contributed by atoms with Crippen molar-refractivity contribution in [3.05, 3.63) is 0 Å². The first-order chi connectivity index (χ1) is 9.53. The second kappa shape index (κ2) is 8.97. The summed E-state index contributed by atoms with van der Waals surface area (Å²) >= 11 is 0. The first-order valence-corrected chi connectivity index (χ1v) is 9.45. The molecule has 0 saturated carbocycles. The van der Waals surface area contributed by atoms with Gasteiger partial charge in [0.15, 0.2) is 0 Å². The number of nitrogens with zero attached hydrogens (tertiary/aromatic N) is 1. The average molecular weight is 305 g/mol. The fraction of sp³-hybridized carbons (Fsp3) is 1.00. The van der Waals surface area contributed by atoms with Crippen LogP contribution in [0, 0.1) is 5.92 Å². The average Bonchev–Trinajstić information content (AvgIpc) is 2.45. The summed E-state index contributed by atoms with van der Waals surface area (Å²) in [4.78, 5) is 0. The quantitative estimate of drug-likeness (QED) is 0.638. The van der Waals surface area contributed by atoms with Gasteiger partial charge in [0.25, 0.3) is 10.2 Å². The largest absolute Gasteiger partial charge is 0.316 e. The van der Waals surface area contributed by atoms with E-state index in [9.17, 15) is 8.42 Å². The summed E-state index contributed by atoms with van der Waals surface area (Å²) in [7, 11) is -3.31. The molecule has 20 heavy (non-hydrogen) atoms. The van der Waals surface area contributed by atoms with E-state index in [0.29, 0.717) is 19.0 Å². The highest BCUT2D eigenvalue weighted by atomic mass is 32.2. The van der Waals surface area contributed by atoms with E-state index in [0.717, 1.165) is 45.2 Å². The molecule has 1 aliphatic rings. The topological polar surface area (TPSA) is 61.4 Å². The Kier molecular flexibility index (Phi) is 8.02. The van der Waals surface area contributed by atoms with Gasteiger partial charge in [-0.3, -0.25) is 0 Å². The molecule has 0 radical (unpaired) electrons. The molecule has 0 bridgehead atoms. The normalized spacial score (nSPS) is 21.5. The van der Waals surface area contributed by atoms with Crippen LogP contribution in [0.25, 0.3) is 0 Å². The van der Waals surface area contributed by atoms with Crippen LogP contribution in [0.5, 0.6) is 0 Å². The Labute approximate surface area is 124 Å². The monoisotopic (exact) mass is 305 g/mol. The van der Waals surface area contributed by atoms with Gasteiger partial charge in [-0.15, -0.1) is 0 Å². The van der Waals surface area contributed by atoms with Crippen LogP contribution >= 0.6 is 0 Å². The summed E-state index contributed by atoms with van der Waals surface area (Å²) in [5.74, 6) is 0.438. The van der Waals surface area contributed by atoms with Gasteiger partial charge in [-0.2, -0.15) is 17.4 Å². The van der Waals surface area contributed by atoms with Crippen molar-refractivity contribution >= 4 is 10.2 Å². The van der Waals surface area contributed by atoms with E-state index in [2.05, 4.69) is 17.0 Å². The Hall–Kier alpha value is -0.170. The van der Waals surface area contributed by atoms with Crippen LogP contribution in [-0.2, 0) is 10.2 Å². The third kappa shape index (κ3) is 5.68. The molecule has 0 amide bonds. The van der Waals surface area contributed by atoms with Crippen molar-refractivity contribution in [2.45, 2.75) is 58.9 Å². The lowest BCUT2D eigenvalue weighted by Gasteiger charge is -2.33. The molecule has 1 fully saturated rings. The van der Waals surface area contributed by atoms with Gasteiger partial charge in [-0.05, 0) is 51.1 Å². The number of hydrogen-bond acceptors (Lipinski definition) is 3. The maximum absolute atomic E-state index is 12.4. The van der Waals surface area contributed by atoms with Gasteiger partial charge in [0.05, 0.1) is 0 Å². The first kappa shape index (κ1) is 17.9. The van der Waals surface area contributed by atoms with Gasteiger partial charge in [0.1, 0.15) is 0 Å². The molecule has 5 nitrogen and oxygen atoms in total. The molecule has 0 aromatic rings. The first-order valence-electron chi connectivity index (χ1n) is 8.01. The molecule has 1 unspecified atom stereocenters. The zero-order chi connectivity index (χ0) is 15.0. The smallest absolute Gasteiger partial charge is 0.279 e. The van der Waals surface area contributed by atoms with E-state index in [1.165, 1.54) is 0 Å². The molecule has 1 rings (SSSR count). The van der Waals surface area contributed by atoms with Crippen molar-refractivity contribution in [1.82, 2.24) is 14.3 Å². The highest BCUT2D eigenvalue weighted by Crippen LogP contribution is 2.18. The number of rotatable bonds is 9. The lowest BCUT2D eigenvalue weighted by molar-refractivity contribution is 0.256. The van der Waals surface area contributed by atoms with Crippen molar-refractivity contribution in [1.29, 1.82) is 0 Å². The molecule has 2 N–H and O–H groups in total. The van der Waals surface area contributed by atoms with Crippen LogP contribution in [0.1, 0.15) is 52.9 Å². The van der Waals surface area contributed by atoms with Crippen molar-refractivity contribution in [2.24, 2.45) is 5.92 Å². The van der Waals surface area contributed by atoms with E-state index >= 15 is 0 Å². The van der Waals surface area contributed by atoms with Crippen LogP contribution in [0.2, 0.25) is 0 Å². The zero-order valence-electron chi connectivity index (χ0n) is 13.2. The molecule has 1 heterocycles. The molecule has 1 saturated heterocycles. The molecular weight excluding hydrogens is 274 g/mol. The molecule has 0 aromatic heterocycles. The Morgan fingerprint density at radius 1 is 1.25 bits per heavy atom. The van der Waals surface area contributed by atoms with E-state index in [4.69, 9.17) is 0 Å². The maximum Gasteiger partial charge on any atom is 0.279 e. The van der Waals surface area contributed by atoms with Crippen LogP contribution in [0.15, 0.2) is 0 Å². The third-order valence-electron chi connectivity index (χ3n) is 3.98. The number of piperidine rings is 1. The van der Waals surface area contributed by atoms with Gasteiger partial charge in [0.2, 0.25) is 0 Å². The fourth-order valence-electron chi connectivity index (χ4n) is 2.64. The third-order valence-corrected chi connectivity index (χ3v) is 5.63. The summed E-state index contributed by atoms with van der Waals surface area (Å²) in [6, 6.07) is 0.0543. The Morgan fingerprint density at radius 2 is 1.95 bits per heavy atom. The molecular formula is C14H31N3O2S. The summed E-state index contributed by atoms with van der Waals surface area (Å²) in [5, 5.41) is 3.40. The molecule has 1 aliphatic heterocycles. The number of nitrogens with one attached hydrogen (secondary N) is 2. The summed E-state index contributed by atoms with van der Waals surface area (Å²) in [6.07, 6.45) is 4.87. The Bertz CT molecular complexity index is 355. The van der Waals surface area contributed by atoms with Gasteiger partial charge >= 0.3 is 0 Å². The lowest BCUT2D eigenvalue weighted by Crippen LogP contribution is -2.50. The summed E-state index contributed by atoms with van der Waals surface area (Å²) in [5.41, 5.74) is 0. The minimum Gasteiger partial charge on any atom is -0.316 e. The second-order valence-electron chi connectivity index (χ2n) is 5.71. The minimum absolute atomic E-state index is 0.0543. The van der Waals surface area contributed by atoms with Crippen molar-refractivity contribution in [3.8, 4) is 0 Å².